The molecule has 0 heterocycles. The second-order valence-electron chi connectivity index (χ2n) is 11.9. The molecule has 0 saturated heterocycles. The van der Waals surface area contributed by atoms with Gasteiger partial charge in [-0.3, -0.25) is 4.79 Å². The molecule has 0 saturated carbocycles. The summed E-state index contributed by atoms with van der Waals surface area (Å²) in [5, 5.41) is 11.0. The third-order valence-corrected chi connectivity index (χ3v) is 6.02. The summed E-state index contributed by atoms with van der Waals surface area (Å²) in [6, 6.07) is 0. The molecule has 0 bridgehead atoms. The van der Waals surface area contributed by atoms with Gasteiger partial charge in [0.05, 0.1) is 145 Å². The molecule has 2 N–H and O–H groups in total. The van der Waals surface area contributed by atoms with Gasteiger partial charge in [0, 0.05) is 20.1 Å². The van der Waals surface area contributed by atoms with E-state index in [1.165, 1.54) is 4.90 Å². The number of hydrogen-bond donors (Lipinski definition) is 2. The lowest BCUT2D eigenvalue weighted by atomic mass is 10.2. The van der Waals surface area contributed by atoms with E-state index in [1.54, 1.807) is 7.05 Å². The standard InChI is InChI=1S/C34H66N2O17/c1-34(2,3)53-33(40)36(4)6-8-42-10-12-44-14-16-46-18-20-48-22-24-50-26-28-51-27-25-49-23-21-47-19-17-45-15-13-43-11-9-41-7-5-35-31(37)29-52-30-32(38)39/h5-30H2,1-4H3,(H,35,37)(H,38,39). The zero-order chi connectivity index (χ0) is 39.1. The second kappa shape index (κ2) is 38.0. The van der Waals surface area contributed by atoms with Crippen molar-refractivity contribution in [2.24, 2.45) is 0 Å². The highest BCUT2D eigenvalue weighted by molar-refractivity contribution is 5.77. The lowest BCUT2D eigenvalue weighted by Gasteiger charge is -2.24. The van der Waals surface area contributed by atoms with Gasteiger partial charge in [-0.05, 0) is 20.8 Å². The van der Waals surface area contributed by atoms with Gasteiger partial charge in [0.25, 0.3) is 0 Å². The molecule has 314 valence electrons. The van der Waals surface area contributed by atoms with E-state index < -0.39 is 24.1 Å². The highest BCUT2D eigenvalue weighted by Gasteiger charge is 2.19. The Morgan fingerprint density at radius 1 is 0.472 bits per heavy atom. The predicted molar refractivity (Wildman–Crippen MR) is 189 cm³/mol. The van der Waals surface area contributed by atoms with Gasteiger partial charge < -0.3 is 76.9 Å². The SMILES string of the molecule is CN(CCOCCOCCOCCOCCOCCOCCOCCOCCOCCOCCOCCNC(=O)COCC(=O)O)C(=O)OC(C)(C)C. The van der Waals surface area contributed by atoms with Crippen LogP contribution >= 0.6 is 0 Å². The van der Waals surface area contributed by atoms with E-state index >= 15 is 0 Å². The molecule has 0 aliphatic rings. The molecule has 0 rings (SSSR count). The molecule has 0 aromatic rings. The van der Waals surface area contributed by atoms with Crippen molar-refractivity contribution in [3.05, 3.63) is 0 Å². The van der Waals surface area contributed by atoms with Crippen molar-refractivity contribution in [1.82, 2.24) is 10.2 Å². The summed E-state index contributed by atoms with van der Waals surface area (Å²) in [6.07, 6.45) is -0.373. The van der Waals surface area contributed by atoms with Crippen LogP contribution in [-0.4, -0.2) is 212 Å². The number of nitrogens with one attached hydrogen (secondary N) is 1. The van der Waals surface area contributed by atoms with E-state index in [2.05, 4.69) is 10.1 Å². The maximum Gasteiger partial charge on any atom is 0.410 e. The number of aliphatic carboxylic acids is 1. The van der Waals surface area contributed by atoms with Gasteiger partial charge in [0.15, 0.2) is 0 Å². The van der Waals surface area contributed by atoms with Crippen LogP contribution in [-0.2, 0) is 71.2 Å². The Hall–Kier alpha value is -2.27. The van der Waals surface area contributed by atoms with E-state index in [9.17, 15) is 14.4 Å². The molecule has 2 amide bonds. The van der Waals surface area contributed by atoms with Gasteiger partial charge in [-0.2, -0.15) is 0 Å². The molecule has 0 atom stereocenters. The highest BCUT2D eigenvalue weighted by atomic mass is 16.6. The Morgan fingerprint density at radius 3 is 1.08 bits per heavy atom. The van der Waals surface area contributed by atoms with Gasteiger partial charge in [-0.25, -0.2) is 9.59 Å². The van der Waals surface area contributed by atoms with Crippen molar-refractivity contribution in [3.8, 4) is 0 Å². The molecule has 19 heteroatoms. The number of carboxylic acids is 1. The van der Waals surface area contributed by atoms with E-state index in [4.69, 9.17) is 61.9 Å². The first-order valence-electron chi connectivity index (χ1n) is 18.0. The van der Waals surface area contributed by atoms with Crippen molar-refractivity contribution in [1.29, 1.82) is 0 Å². The molecule has 53 heavy (non-hydrogen) atoms. The summed E-state index contributed by atoms with van der Waals surface area (Å²) in [7, 11) is 1.67. The van der Waals surface area contributed by atoms with Crippen LogP contribution in [0.25, 0.3) is 0 Å². The summed E-state index contributed by atoms with van der Waals surface area (Å²) in [5.41, 5.74) is -0.519. The monoisotopic (exact) mass is 774 g/mol. The minimum Gasteiger partial charge on any atom is -0.480 e. The number of likely N-dealkylation sites (N-methyl/N-ethyl adjacent to an activating group) is 1. The largest absolute Gasteiger partial charge is 0.480 e. The van der Waals surface area contributed by atoms with Crippen molar-refractivity contribution in [2.45, 2.75) is 26.4 Å². The number of carboxylic acid groups (broad SMARTS) is 1. The van der Waals surface area contributed by atoms with Crippen molar-refractivity contribution < 1.29 is 81.1 Å². The third kappa shape index (κ3) is 42.3. The lowest BCUT2D eigenvalue weighted by molar-refractivity contribution is -0.143. The second-order valence-corrected chi connectivity index (χ2v) is 11.9. The number of amides is 2. The van der Waals surface area contributed by atoms with Crippen LogP contribution in [0.2, 0.25) is 0 Å². The first kappa shape index (κ1) is 50.7. The summed E-state index contributed by atoms with van der Waals surface area (Å²) >= 11 is 0. The number of hydrogen-bond acceptors (Lipinski definition) is 16. The minimum atomic E-state index is -1.13. The molecule has 0 aliphatic carbocycles. The van der Waals surface area contributed by atoms with Crippen molar-refractivity contribution >= 4 is 18.0 Å². The van der Waals surface area contributed by atoms with Crippen LogP contribution in [0, 0.1) is 0 Å². The Bertz CT molecular complexity index is 850. The van der Waals surface area contributed by atoms with E-state index in [1.807, 2.05) is 20.8 Å². The van der Waals surface area contributed by atoms with Gasteiger partial charge in [0.2, 0.25) is 5.91 Å². The Balaban J connectivity index is 3.17. The molecular formula is C34H66N2O17. The molecule has 0 aliphatic heterocycles. The number of ether oxygens (including phenoxy) is 13. The maximum atomic E-state index is 11.9. The van der Waals surface area contributed by atoms with Crippen molar-refractivity contribution in [2.75, 3.05) is 179 Å². The Labute approximate surface area is 314 Å². The van der Waals surface area contributed by atoms with Crippen LogP contribution in [0.4, 0.5) is 4.79 Å². The fraction of sp³-hybridized carbons (Fsp3) is 0.912. The zero-order valence-electron chi connectivity index (χ0n) is 32.3. The highest BCUT2D eigenvalue weighted by Crippen LogP contribution is 2.08. The zero-order valence-corrected chi connectivity index (χ0v) is 32.3. The minimum absolute atomic E-state index is 0.295. The Kier molecular flexibility index (Phi) is 36.4. The molecule has 0 unspecified atom stereocenters. The third-order valence-electron chi connectivity index (χ3n) is 6.02. The fourth-order valence-corrected chi connectivity index (χ4v) is 3.48. The average Bonchev–Trinajstić information content (AvgIpc) is 3.10. The molecular weight excluding hydrogens is 708 g/mol. The fourth-order valence-electron chi connectivity index (χ4n) is 3.48. The summed E-state index contributed by atoms with van der Waals surface area (Å²) in [5.74, 6) is -1.53. The number of rotatable bonds is 40. The van der Waals surface area contributed by atoms with E-state index in [0.717, 1.165) is 0 Å². The van der Waals surface area contributed by atoms with Crippen LogP contribution in [0.3, 0.4) is 0 Å². The molecule has 0 radical (unpaired) electrons. The van der Waals surface area contributed by atoms with Crippen LogP contribution in [0.1, 0.15) is 20.8 Å². The van der Waals surface area contributed by atoms with Crippen LogP contribution in [0.15, 0.2) is 0 Å². The quantitative estimate of drug-likeness (QED) is 0.0801. The van der Waals surface area contributed by atoms with Gasteiger partial charge in [-0.15, -0.1) is 0 Å². The first-order chi connectivity index (χ1) is 25.6. The summed E-state index contributed by atoms with van der Waals surface area (Å²) in [6.45, 7) is 15.2. The number of nitrogens with zero attached hydrogens (tertiary/aromatic N) is 1. The molecule has 0 aromatic heterocycles. The van der Waals surface area contributed by atoms with Crippen LogP contribution < -0.4 is 5.32 Å². The van der Waals surface area contributed by atoms with Gasteiger partial charge >= 0.3 is 12.1 Å². The predicted octanol–water partition coefficient (Wildman–Crippen LogP) is 0.253. The normalized spacial score (nSPS) is 11.5. The maximum absolute atomic E-state index is 11.9. The molecule has 0 aromatic carbocycles. The summed E-state index contributed by atoms with van der Waals surface area (Å²) < 4.78 is 69.8. The smallest absolute Gasteiger partial charge is 0.410 e. The molecule has 19 nitrogen and oxygen atoms in total. The first-order valence-corrected chi connectivity index (χ1v) is 18.0. The number of carbonyl (C=O) groups is 3. The lowest BCUT2D eigenvalue weighted by Crippen LogP contribution is -2.36. The number of carbonyl (C=O) groups excluding carboxylic acids is 2. The van der Waals surface area contributed by atoms with Gasteiger partial charge in [-0.1, -0.05) is 0 Å². The van der Waals surface area contributed by atoms with E-state index in [0.29, 0.717) is 158 Å². The van der Waals surface area contributed by atoms with Gasteiger partial charge in [0.1, 0.15) is 18.8 Å². The van der Waals surface area contributed by atoms with Crippen molar-refractivity contribution in [3.63, 3.8) is 0 Å². The summed E-state index contributed by atoms with van der Waals surface area (Å²) in [4.78, 5) is 35.0. The average molecular weight is 775 g/mol. The molecule has 0 spiro atoms. The topological polar surface area (TPSA) is 207 Å². The Morgan fingerprint density at radius 2 is 0.774 bits per heavy atom. The van der Waals surface area contributed by atoms with E-state index in [-0.39, 0.29) is 12.7 Å². The molecule has 0 fully saturated rings. The van der Waals surface area contributed by atoms with Crippen LogP contribution in [0.5, 0.6) is 0 Å².